The van der Waals surface area contributed by atoms with Gasteiger partial charge in [0.25, 0.3) is 0 Å². The average Bonchev–Trinajstić information content (AvgIpc) is 2.34. The van der Waals surface area contributed by atoms with E-state index < -0.39 is 0 Å². The molecule has 0 amide bonds. The summed E-state index contributed by atoms with van der Waals surface area (Å²) in [7, 11) is 0. The van der Waals surface area contributed by atoms with Crippen LogP contribution in [0.2, 0.25) is 0 Å². The van der Waals surface area contributed by atoms with Gasteiger partial charge >= 0.3 is 0 Å². The second-order valence-electron chi connectivity index (χ2n) is 5.22. The Morgan fingerprint density at radius 2 is 2.06 bits per heavy atom. The van der Waals surface area contributed by atoms with Gasteiger partial charge in [0.05, 0.1) is 6.61 Å². The molecule has 1 aromatic carbocycles. The number of rotatable bonds is 3. The summed E-state index contributed by atoms with van der Waals surface area (Å²) in [5.41, 5.74) is 4.08. The van der Waals surface area contributed by atoms with Gasteiger partial charge in [-0.15, -0.1) is 0 Å². The number of piperidine rings is 1. The Labute approximate surface area is 104 Å². The van der Waals surface area contributed by atoms with Crippen LogP contribution in [0, 0.1) is 13.8 Å². The maximum atomic E-state index is 9.40. The molecule has 2 nitrogen and oxygen atoms in total. The molecule has 0 saturated carbocycles. The van der Waals surface area contributed by atoms with Crippen LogP contribution in [-0.4, -0.2) is 29.2 Å². The highest BCUT2D eigenvalue weighted by Gasteiger charge is 2.21. The highest BCUT2D eigenvalue weighted by atomic mass is 16.3. The first-order chi connectivity index (χ1) is 8.20. The maximum Gasteiger partial charge on any atom is 0.0586 e. The minimum absolute atomic E-state index is 0.296. The number of aliphatic hydroxyl groups is 1. The van der Waals surface area contributed by atoms with Crippen molar-refractivity contribution in [2.45, 2.75) is 45.7 Å². The summed E-state index contributed by atoms with van der Waals surface area (Å²) in [6.07, 6.45) is 3.66. The van der Waals surface area contributed by atoms with Crippen LogP contribution in [0.5, 0.6) is 0 Å². The monoisotopic (exact) mass is 233 g/mol. The van der Waals surface area contributed by atoms with Crippen LogP contribution in [0.4, 0.5) is 0 Å². The molecule has 0 aliphatic carbocycles. The lowest BCUT2D eigenvalue weighted by atomic mass is 10.0. The number of hydrogen-bond acceptors (Lipinski definition) is 2. The normalized spacial score (nSPS) is 21.7. The van der Waals surface area contributed by atoms with Crippen molar-refractivity contribution in [3.05, 3.63) is 34.9 Å². The summed E-state index contributed by atoms with van der Waals surface area (Å²) in [6.45, 7) is 6.71. The summed E-state index contributed by atoms with van der Waals surface area (Å²) >= 11 is 0. The molecule has 17 heavy (non-hydrogen) atoms. The van der Waals surface area contributed by atoms with E-state index in [2.05, 4.69) is 36.9 Å². The van der Waals surface area contributed by atoms with E-state index >= 15 is 0 Å². The lowest BCUT2D eigenvalue weighted by Gasteiger charge is -2.34. The van der Waals surface area contributed by atoms with Crippen LogP contribution in [0.3, 0.4) is 0 Å². The highest BCUT2D eigenvalue weighted by Crippen LogP contribution is 2.20. The number of hydrogen-bond donors (Lipinski definition) is 1. The van der Waals surface area contributed by atoms with E-state index in [0.29, 0.717) is 12.6 Å². The molecule has 0 aromatic heterocycles. The lowest BCUT2D eigenvalue weighted by Crippen LogP contribution is -2.41. The molecule has 0 bridgehead atoms. The summed E-state index contributed by atoms with van der Waals surface area (Å²) in [5.74, 6) is 0. The van der Waals surface area contributed by atoms with Crippen molar-refractivity contribution < 1.29 is 5.11 Å². The minimum Gasteiger partial charge on any atom is -0.395 e. The lowest BCUT2D eigenvalue weighted by molar-refractivity contribution is 0.0841. The average molecular weight is 233 g/mol. The van der Waals surface area contributed by atoms with Crippen LogP contribution in [0.25, 0.3) is 0 Å². The molecule has 1 unspecified atom stereocenters. The SMILES string of the molecule is Cc1ccc(CN2CCCCC2CO)cc1C. The largest absolute Gasteiger partial charge is 0.395 e. The fourth-order valence-corrected chi connectivity index (χ4v) is 2.61. The standard InChI is InChI=1S/C15H23NO/c1-12-6-7-14(9-13(12)2)10-16-8-4-3-5-15(16)11-17/h6-7,9,15,17H,3-5,8,10-11H2,1-2H3. The van der Waals surface area contributed by atoms with Gasteiger partial charge in [0.15, 0.2) is 0 Å². The van der Waals surface area contributed by atoms with E-state index in [-0.39, 0.29) is 0 Å². The predicted molar refractivity (Wildman–Crippen MR) is 71.1 cm³/mol. The molecule has 1 N–H and O–H groups in total. The van der Waals surface area contributed by atoms with Gasteiger partial charge in [-0.1, -0.05) is 24.6 Å². The zero-order chi connectivity index (χ0) is 12.3. The van der Waals surface area contributed by atoms with Gasteiger partial charge in [-0.05, 0) is 49.9 Å². The molecular weight excluding hydrogens is 210 g/mol. The molecule has 0 spiro atoms. The zero-order valence-electron chi connectivity index (χ0n) is 10.9. The van der Waals surface area contributed by atoms with Gasteiger partial charge in [0.2, 0.25) is 0 Å². The Kier molecular flexibility index (Phi) is 4.19. The van der Waals surface area contributed by atoms with Gasteiger partial charge in [-0.25, -0.2) is 0 Å². The van der Waals surface area contributed by atoms with Gasteiger partial charge in [0.1, 0.15) is 0 Å². The van der Waals surface area contributed by atoms with E-state index in [1.165, 1.54) is 29.5 Å². The van der Waals surface area contributed by atoms with Crippen LogP contribution in [0.15, 0.2) is 18.2 Å². The van der Waals surface area contributed by atoms with E-state index in [4.69, 9.17) is 0 Å². The Hall–Kier alpha value is -0.860. The summed E-state index contributed by atoms with van der Waals surface area (Å²) < 4.78 is 0. The van der Waals surface area contributed by atoms with E-state index in [1.54, 1.807) is 0 Å². The second kappa shape index (κ2) is 5.65. The van der Waals surface area contributed by atoms with Crippen molar-refractivity contribution in [1.29, 1.82) is 0 Å². The van der Waals surface area contributed by atoms with Crippen LogP contribution in [0.1, 0.15) is 36.0 Å². The fraction of sp³-hybridized carbons (Fsp3) is 0.600. The maximum absolute atomic E-state index is 9.40. The molecule has 1 aromatic rings. The molecular formula is C15H23NO. The van der Waals surface area contributed by atoms with Crippen molar-refractivity contribution in [2.24, 2.45) is 0 Å². The third-order valence-corrected chi connectivity index (χ3v) is 3.92. The smallest absolute Gasteiger partial charge is 0.0586 e. The van der Waals surface area contributed by atoms with E-state index in [9.17, 15) is 5.11 Å². The van der Waals surface area contributed by atoms with Crippen molar-refractivity contribution in [1.82, 2.24) is 4.90 Å². The fourth-order valence-electron chi connectivity index (χ4n) is 2.61. The molecule has 1 aliphatic rings. The van der Waals surface area contributed by atoms with Crippen molar-refractivity contribution in [3.63, 3.8) is 0 Å². The molecule has 94 valence electrons. The first kappa shape index (κ1) is 12.6. The second-order valence-corrected chi connectivity index (χ2v) is 5.22. The van der Waals surface area contributed by atoms with E-state index in [1.807, 2.05) is 0 Å². The number of nitrogens with zero attached hydrogens (tertiary/aromatic N) is 1. The van der Waals surface area contributed by atoms with Crippen molar-refractivity contribution >= 4 is 0 Å². The first-order valence-electron chi connectivity index (χ1n) is 6.61. The number of aliphatic hydroxyl groups excluding tert-OH is 1. The third-order valence-electron chi connectivity index (χ3n) is 3.92. The molecule has 1 atom stereocenters. The Morgan fingerprint density at radius 1 is 1.24 bits per heavy atom. The van der Waals surface area contributed by atoms with Gasteiger partial charge in [0, 0.05) is 12.6 Å². The Bertz CT molecular complexity index is 375. The van der Waals surface area contributed by atoms with E-state index in [0.717, 1.165) is 19.5 Å². The Balaban J connectivity index is 2.05. The number of likely N-dealkylation sites (tertiary alicyclic amines) is 1. The highest BCUT2D eigenvalue weighted by molar-refractivity contribution is 5.29. The summed E-state index contributed by atoms with van der Waals surface area (Å²) in [6, 6.07) is 7.05. The predicted octanol–water partition coefficient (Wildman–Crippen LogP) is 2.65. The molecule has 1 fully saturated rings. The molecule has 2 heteroatoms. The molecule has 0 radical (unpaired) electrons. The van der Waals surface area contributed by atoms with Gasteiger partial charge < -0.3 is 5.11 Å². The molecule has 1 aliphatic heterocycles. The zero-order valence-corrected chi connectivity index (χ0v) is 10.9. The van der Waals surface area contributed by atoms with Crippen molar-refractivity contribution in [3.8, 4) is 0 Å². The van der Waals surface area contributed by atoms with Crippen LogP contribution >= 0.6 is 0 Å². The summed E-state index contributed by atoms with van der Waals surface area (Å²) in [4.78, 5) is 2.42. The Morgan fingerprint density at radius 3 is 2.76 bits per heavy atom. The minimum atomic E-state index is 0.296. The van der Waals surface area contributed by atoms with Crippen LogP contribution < -0.4 is 0 Å². The quantitative estimate of drug-likeness (QED) is 0.867. The van der Waals surface area contributed by atoms with Gasteiger partial charge in [-0.3, -0.25) is 4.90 Å². The first-order valence-corrected chi connectivity index (χ1v) is 6.61. The third kappa shape index (κ3) is 3.08. The summed E-state index contributed by atoms with van der Waals surface area (Å²) in [5, 5.41) is 9.40. The number of aryl methyl sites for hydroxylation is 2. The molecule has 1 saturated heterocycles. The topological polar surface area (TPSA) is 23.5 Å². The van der Waals surface area contributed by atoms with Gasteiger partial charge in [-0.2, -0.15) is 0 Å². The van der Waals surface area contributed by atoms with Crippen LogP contribution in [-0.2, 0) is 6.54 Å². The molecule has 2 rings (SSSR count). The van der Waals surface area contributed by atoms with Crippen molar-refractivity contribution in [2.75, 3.05) is 13.2 Å². The number of benzene rings is 1. The molecule has 1 heterocycles.